The van der Waals surface area contributed by atoms with Crippen LogP contribution in [0.3, 0.4) is 0 Å². The monoisotopic (exact) mass is 323 g/mol. The van der Waals surface area contributed by atoms with Gasteiger partial charge in [0.05, 0.1) is 10.7 Å². The third-order valence-corrected chi connectivity index (χ3v) is 3.58. The van der Waals surface area contributed by atoms with Gasteiger partial charge in [-0.05, 0) is 48.0 Å². The molecule has 0 atom stereocenters. The average molecular weight is 325 g/mol. The van der Waals surface area contributed by atoms with Crippen LogP contribution in [0.15, 0.2) is 48.5 Å². The molecule has 1 heterocycles. The van der Waals surface area contributed by atoms with Crippen LogP contribution < -0.4 is 0 Å². The molecular formula is C14H8Cl3N3. The number of halogens is 3. The number of hydrogen-bond donors (Lipinski definition) is 0. The summed E-state index contributed by atoms with van der Waals surface area (Å²) >= 11 is 18.1. The maximum absolute atomic E-state index is 6.14. The Balaban J connectivity index is 2.08. The number of hydrogen-bond acceptors (Lipinski definition) is 2. The first-order chi connectivity index (χ1) is 9.65. The molecule has 0 radical (unpaired) electrons. The summed E-state index contributed by atoms with van der Waals surface area (Å²) in [7, 11) is 0. The van der Waals surface area contributed by atoms with Crippen molar-refractivity contribution in [1.29, 1.82) is 0 Å². The molecule has 3 rings (SSSR count). The molecule has 2 aromatic carbocycles. The van der Waals surface area contributed by atoms with E-state index in [1.807, 2.05) is 30.3 Å². The van der Waals surface area contributed by atoms with E-state index in [2.05, 4.69) is 10.1 Å². The quantitative estimate of drug-likeness (QED) is 0.671. The molecular weight excluding hydrogens is 317 g/mol. The maximum atomic E-state index is 6.14. The topological polar surface area (TPSA) is 30.7 Å². The van der Waals surface area contributed by atoms with Gasteiger partial charge in [0.1, 0.15) is 0 Å². The highest BCUT2D eigenvalue weighted by Crippen LogP contribution is 2.27. The van der Waals surface area contributed by atoms with E-state index in [0.29, 0.717) is 15.9 Å². The number of nitrogens with zero attached hydrogens (tertiary/aromatic N) is 3. The molecule has 0 bridgehead atoms. The summed E-state index contributed by atoms with van der Waals surface area (Å²) in [4.78, 5) is 4.24. The highest BCUT2D eigenvalue weighted by atomic mass is 35.5. The predicted molar refractivity (Wildman–Crippen MR) is 81.8 cm³/mol. The van der Waals surface area contributed by atoms with Gasteiger partial charge in [-0.25, -0.2) is 4.68 Å². The third kappa shape index (κ3) is 2.52. The van der Waals surface area contributed by atoms with Crippen LogP contribution in [0.1, 0.15) is 0 Å². The normalized spacial score (nSPS) is 10.8. The molecule has 20 heavy (non-hydrogen) atoms. The third-order valence-electron chi connectivity index (χ3n) is 2.75. The second-order valence-corrected chi connectivity index (χ2v) is 5.25. The molecule has 0 spiro atoms. The Labute approximate surface area is 130 Å². The Kier molecular flexibility index (Phi) is 3.66. The molecule has 0 fully saturated rings. The second-order valence-electron chi connectivity index (χ2n) is 4.07. The van der Waals surface area contributed by atoms with Crippen LogP contribution in [0.5, 0.6) is 0 Å². The van der Waals surface area contributed by atoms with E-state index < -0.39 is 0 Å². The lowest BCUT2D eigenvalue weighted by Gasteiger charge is -2.01. The second kappa shape index (κ2) is 5.44. The molecule has 1 aromatic heterocycles. The van der Waals surface area contributed by atoms with Crippen molar-refractivity contribution in [1.82, 2.24) is 14.8 Å². The van der Waals surface area contributed by atoms with Gasteiger partial charge in [0.25, 0.3) is 0 Å². The molecule has 3 aromatic rings. The maximum Gasteiger partial charge on any atom is 0.226 e. The Hall–Kier alpha value is -1.55. The lowest BCUT2D eigenvalue weighted by Crippen LogP contribution is -1.96. The predicted octanol–water partition coefficient (Wildman–Crippen LogP) is 4.89. The van der Waals surface area contributed by atoms with E-state index in [1.165, 1.54) is 4.68 Å². The molecule has 0 amide bonds. The Morgan fingerprint density at radius 1 is 0.850 bits per heavy atom. The van der Waals surface area contributed by atoms with Gasteiger partial charge in [-0.3, -0.25) is 0 Å². The molecule has 100 valence electrons. The van der Waals surface area contributed by atoms with E-state index in [4.69, 9.17) is 34.8 Å². The minimum atomic E-state index is 0.266. The zero-order chi connectivity index (χ0) is 14.1. The Morgan fingerprint density at radius 3 is 2.25 bits per heavy atom. The zero-order valence-electron chi connectivity index (χ0n) is 10.1. The van der Waals surface area contributed by atoms with Gasteiger partial charge in [-0.15, -0.1) is 5.10 Å². The largest absolute Gasteiger partial charge is 0.226 e. The summed E-state index contributed by atoms with van der Waals surface area (Å²) in [5.74, 6) is 0.482. The van der Waals surface area contributed by atoms with Crippen LogP contribution in [0, 0.1) is 0 Å². The van der Waals surface area contributed by atoms with Crippen molar-refractivity contribution in [2.45, 2.75) is 0 Å². The molecule has 0 aliphatic rings. The van der Waals surface area contributed by atoms with Crippen molar-refractivity contribution < 1.29 is 0 Å². The number of aromatic nitrogens is 3. The van der Waals surface area contributed by atoms with Gasteiger partial charge in [0, 0.05) is 10.6 Å². The van der Waals surface area contributed by atoms with Crippen molar-refractivity contribution in [2.75, 3.05) is 0 Å². The first-order valence-electron chi connectivity index (χ1n) is 5.78. The molecule has 0 aliphatic carbocycles. The fourth-order valence-corrected chi connectivity index (χ4v) is 2.36. The average Bonchev–Trinajstić information content (AvgIpc) is 2.82. The standard InChI is InChI=1S/C14H8Cl3N3/c15-9-5-7-10(8-6-9)20-14(17)18-13(19-20)11-3-1-2-4-12(11)16/h1-8H. The smallest absolute Gasteiger partial charge is 0.203 e. The summed E-state index contributed by atoms with van der Waals surface area (Å²) in [5, 5.41) is 5.88. The molecule has 3 nitrogen and oxygen atoms in total. The molecule has 0 unspecified atom stereocenters. The van der Waals surface area contributed by atoms with Gasteiger partial charge in [0.15, 0.2) is 5.82 Å². The molecule has 0 saturated heterocycles. The van der Waals surface area contributed by atoms with Gasteiger partial charge < -0.3 is 0 Å². The van der Waals surface area contributed by atoms with Crippen molar-refractivity contribution in [2.24, 2.45) is 0 Å². The molecule has 0 N–H and O–H groups in total. The lowest BCUT2D eigenvalue weighted by molar-refractivity contribution is 0.883. The minimum Gasteiger partial charge on any atom is -0.203 e. The van der Waals surface area contributed by atoms with Crippen LogP contribution in [-0.4, -0.2) is 14.8 Å². The van der Waals surface area contributed by atoms with Gasteiger partial charge >= 0.3 is 0 Å². The first kappa shape index (κ1) is 13.4. The SMILES string of the molecule is Clc1ccc(-n2nc(-c3ccccc3Cl)nc2Cl)cc1. The van der Waals surface area contributed by atoms with Crippen molar-refractivity contribution >= 4 is 34.8 Å². The van der Waals surface area contributed by atoms with Crippen molar-refractivity contribution in [3.05, 3.63) is 63.9 Å². The molecule has 0 saturated carbocycles. The summed E-state index contributed by atoms with van der Waals surface area (Å²) in [5.41, 5.74) is 1.52. The first-order valence-corrected chi connectivity index (χ1v) is 6.92. The fourth-order valence-electron chi connectivity index (χ4n) is 1.80. The van der Waals surface area contributed by atoms with Crippen LogP contribution in [0.4, 0.5) is 0 Å². The van der Waals surface area contributed by atoms with E-state index in [0.717, 1.165) is 11.3 Å². The summed E-state index contributed by atoms with van der Waals surface area (Å²) in [6, 6.07) is 14.5. The van der Waals surface area contributed by atoms with Gasteiger partial charge in [-0.1, -0.05) is 35.3 Å². The highest BCUT2D eigenvalue weighted by Gasteiger charge is 2.13. The number of benzene rings is 2. The van der Waals surface area contributed by atoms with Crippen molar-refractivity contribution in [3.63, 3.8) is 0 Å². The lowest BCUT2D eigenvalue weighted by atomic mass is 10.2. The summed E-state index contributed by atoms with van der Waals surface area (Å²) in [6.07, 6.45) is 0. The van der Waals surface area contributed by atoms with Crippen LogP contribution in [-0.2, 0) is 0 Å². The number of rotatable bonds is 2. The van der Waals surface area contributed by atoms with Crippen LogP contribution in [0.25, 0.3) is 17.1 Å². The molecule has 0 aliphatic heterocycles. The van der Waals surface area contributed by atoms with Crippen LogP contribution >= 0.6 is 34.8 Å². The Bertz CT molecular complexity index is 751. The molecule has 6 heteroatoms. The van der Waals surface area contributed by atoms with Gasteiger partial charge in [-0.2, -0.15) is 4.98 Å². The van der Waals surface area contributed by atoms with E-state index in [9.17, 15) is 0 Å². The van der Waals surface area contributed by atoms with Gasteiger partial charge in [0.2, 0.25) is 5.28 Å². The fraction of sp³-hybridized carbons (Fsp3) is 0. The van der Waals surface area contributed by atoms with Crippen LogP contribution in [0.2, 0.25) is 15.3 Å². The van der Waals surface area contributed by atoms with E-state index in [-0.39, 0.29) is 5.28 Å². The summed E-state index contributed by atoms with van der Waals surface area (Å²) < 4.78 is 1.54. The van der Waals surface area contributed by atoms with Crippen molar-refractivity contribution in [3.8, 4) is 17.1 Å². The minimum absolute atomic E-state index is 0.266. The van der Waals surface area contributed by atoms with E-state index >= 15 is 0 Å². The zero-order valence-corrected chi connectivity index (χ0v) is 12.4. The summed E-state index contributed by atoms with van der Waals surface area (Å²) in [6.45, 7) is 0. The Morgan fingerprint density at radius 2 is 1.55 bits per heavy atom. The highest BCUT2D eigenvalue weighted by molar-refractivity contribution is 6.33. The van der Waals surface area contributed by atoms with E-state index in [1.54, 1.807) is 18.2 Å².